The number of aromatic nitrogens is 2. The zero-order valence-corrected chi connectivity index (χ0v) is 42.3. The second kappa shape index (κ2) is 28.3. The Kier molecular flexibility index (Phi) is 21.4. The van der Waals surface area contributed by atoms with Crippen LogP contribution < -0.4 is 54.4 Å². The van der Waals surface area contributed by atoms with Crippen molar-refractivity contribution >= 4 is 68.9 Å². The molecule has 1 fully saturated rings. The Morgan fingerprint density at radius 1 is 0.453 bits per heavy atom. The van der Waals surface area contributed by atoms with Crippen LogP contribution in [0.4, 0.5) is 0 Å². The quantitative estimate of drug-likeness (QED) is 0.0598. The first-order chi connectivity index (χ1) is 36.3. The SMILES string of the molecule is CC[C@@H]1NC(=O)[C@@H](CCCN)NC(=O)[C@H](CCCN)NC(=O)[C@@H](CCCN)CC(=O)[C@H](CO)NC(=O)[C@@H](Cc2c[nH]c3ccccc23)NC(=O)C(Cc2ccccc2)NC(=O)[C@@H](Cc2c[nH]c3ccccc23)NC1=O. The van der Waals surface area contributed by atoms with Gasteiger partial charge in [-0.1, -0.05) is 73.7 Å². The number of Topliss-reactive ketones (excluding diaryl/α,β-unsaturated/α-hetero) is 1. The van der Waals surface area contributed by atoms with Crippen molar-refractivity contribution in [3.63, 3.8) is 0 Å². The van der Waals surface area contributed by atoms with Crippen LogP contribution in [0, 0.1) is 5.92 Å². The van der Waals surface area contributed by atoms with Gasteiger partial charge in [0.25, 0.3) is 0 Å². The molecule has 0 aliphatic carbocycles. The Balaban J connectivity index is 1.43. The van der Waals surface area contributed by atoms with E-state index in [1.807, 2.05) is 48.5 Å². The Labute approximate surface area is 435 Å². The summed E-state index contributed by atoms with van der Waals surface area (Å²) < 4.78 is 0. The summed E-state index contributed by atoms with van der Waals surface area (Å²) in [5.41, 5.74) is 21.0. The fourth-order valence-electron chi connectivity index (χ4n) is 9.28. The van der Waals surface area contributed by atoms with Gasteiger partial charge < -0.3 is 69.5 Å². The molecule has 0 radical (unpaired) electrons. The summed E-state index contributed by atoms with van der Waals surface area (Å²) in [4.78, 5) is 122. The van der Waals surface area contributed by atoms with E-state index >= 15 is 0 Å². The first-order valence-electron chi connectivity index (χ1n) is 25.8. The second-order valence-electron chi connectivity index (χ2n) is 19.0. The van der Waals surface area contributed by atoms with Crippen molar-refractivity contribution in [2.24, 2.45) is 23.1 Å². The van der Waals surface area contributed by atoms with Crippen LogP contribution in [0.2, 0.25) is 0 Å². The van der Waals surface area contributed by atoms with Crippen LogP contribution in [-0.2, 0) is 57.6 Å². The molecule has 1 unspecified atom stereocenters. The predicted octanol–water partition coefficient (Wildman–Crippen LogP) is 0.279. The standard InChI is InChI=1S/C54H72N12O9/c1-2-38-49(70)64-44(26-34-29-58-39-18-8-6-16-36(34)39)53(74)63-43(25-32-13-4-3-5-14-32)52(73)65-45(27-35-30-59-40-19-9-7-17-37(35)40)54(75)66-46(31-67)47(68)28-33(15-10-22-55)48(69)61-41(20-11-23-56)51(72)62-42(21-12-24-57)50(71)60-38/h3-9,13-14,16-19,29-30,33,38,41-46,58-59,67H,2,10-12,15,20-28,31,55-57H2,1H3,(H,60,71)(H,61,69)(H,62,72)(H,63,74)(H,64,70)(H,65,73)(H,66,75)/t33-,38-,41-,42+,43?,44+,45+,46-/m0/s1. The van der Waals surface area contributed by atoms with E-state index in [0.717, 1.165) is 21.8 Å². The van der Waals surface area contributed by atoms with Crippen molar-refractivity contribution in [3.05, 3.63) is 108 Å². The molecule has 0 spiro atoms. The number of amides is 7. The number of benzene rings is 3. The summed E-state index contributed by atoms with van der Waals surface area (Å²) in [6.07, 6.45) is 3.87. The number of aromatic amines is 2. The second-order valence-corrected chi connectivity index (χ2v) is 19.0. The zero-order chi connectivity index (χ0) is 53.9. The number of hydrogen-bond acceptors (Lipinski definition) is 12. The maximum Gasteiger partial charge on any atom is 0.243 e. The molecule has 3 aromatic carbocycles. The molecule has 7 amide bonds. The largest absolute Gasteiger partial charge is 0.394 e. The number of H-pyrrole nitrogens is 2. The van der Waals surface area contributed by atoms with Crippen molar-refractivity contribution in [1.82, 2.24) is 47.2 Å². The van der Waals surface area contributed by atoms with Crippen molar-refractivity contribution in [2.75, 3.05) is 26.2 Å². The highest BCUT2D eigenvalue weighted by molar-refractivity contribution is 5.99. The highest BCUT2D eigenvalue weighted by Crippen LogP contribution is 2.22. The van der Waals surface area contributed by atoms with E-state index in [2.05, 4.69) is 47.2 Å². The monoisotopic (exact) mass is 1030 g/mol. The van der Waals surface area contributed by atoms with Gasteiger partial charge in [0.2, 0.25) is 41.4 Å². The lowest BCUT2D eigenvalue weighted by molar-refractivity contribution is -0.137. The van der Waals surface area contributed by atoms with E-state index in [1.165, 1.54) is 0 Å². The van der Waals surface area contributed by atoms with Gasteiger partial charge in [-0.3, -0.25) is 38.4 Å². The number of fused-ring (bicyclic) bond motifs is 2. The zero-order valence-electron chi connectivity index (χ0n) is 42.3. The fourth-order valence-corrected chi connectivity index (χ4v) is 9.28. The molecule has 21 heteroatoms. The number of hydrogen-bond donors (Lipinski definition) is 13. The number of rotatable bonds is 17. The molecule has 2 aromatic heterocycles. The molecule has 6 rings (SSSR count). The van der Waals surface area contributed by atoms with Gasteiger partial charge in [0, 0.05) is 65.8 Å². The molecular weight excluding hydrogens is 961 g/mol. The van der Waals surface area contributed by atoms with Crippen LogP contribution in [0.5, 0.6) is 0 Å². The minimum atomic E-state index is -1.54. The number of aliphatic hydroxyl groups is 1. The first kappa shape index (κ1) is 56.8. The van der Waals surface area contributed by atoms with Crippen molar-refractivity contribution in [2.45, 2.75) is 120 Å². The third kappa shape index (κ3) is 15.8. The van der Waals surface area contributed by atoms with Crippen molar-refractivity contribution < 1.29 is 43.5 Å². The van der Waals surface area contributed by atoms with Gasteiger partial charge in [0.1, 0.15) is 42.3 Å². The average molecular weight is 1030 g/mol. The van der Waals surface area contributed by atoms with E-state index in [1.54, 1.807) is 49.6 Å². The lowest BCUT2D eigenvalue weighted by Gasteiger charge is -2.28. The smallest absolute Gasteiger partial charge is 0.243 e. The van der Waals surface area contributed by atoms with Gasteiger partial charge in [0.05, 0.1) is 6.61 Å². The molecule has 1 aliphatic heterocycles. The molecule has 75 heavy (non-hydrogen) atoms. The number of nitrogens with two attached hydrogens (primary N) is 3. The van der Waals surface area contributed by atoms with E-state index in [9.17, 15) is 43.5 Å². The topological polar surface area (TPSA) is 351 Å². The molecule has 0 bridgehead atoms. The normalized spacial score (nSPS) is 23.3. The lowest BCUT2D eigenvalue weighted by atomic mass is 9.92. The Morgan fingerprint density at radius 2 is 0.840 bits per heavy atom. The number of carbonyl (C=O) groups is 8. The van der Waals surface area contributed by atoms with Crippen molar-refractivity contribution in [1.29, 1.82) is 0 Å². The average Bonchev–Trinajstić information content (AvgIpc) is 4.03. The molecule has 5 aromatic rings. The van der Waals surface area contributed by atoms with Crippen LogP contribution in [0.25, 0.3) is 21.8 Å². The van der Waals surface area contributed by atoms with E-state index in [4.69, 9.17) is 17.2 Å². The molecule has 8 atom stereocenters. The van der Waals surface area contributed by atoms with Gasteiger partial charge in [-0.05, 0) is 93.4 Å². The predicted molar refractivity (Wildman–Crippen MR) is 283 cm³/mol. The summed E-state index contributed by atoms with van der Waals surface area (Å²) in [5, 5.41) is 31.5. The van der Waals surface area contributed by atoms with Gasteiger partial charge in [-0.15, -0.1) is 0 Å². The minimum Gasteiger partial charge on any atom is -0.394 e. The molecule has 21 nitrogen and oxygen atoms in total. The summed E-state index contributed by atoms with van der Waals surface area (Å²) in [6.45, 7) is 1.28. The maximum absolute atomic E-state index is 14.9. The number of carbonyl (C=O) groups excluding carboxylic acids is 8. The van der Waals surface area contributed by atoms with E-state index in [0.29, 0.717) is 29.5 Å². The third-order valence-electron chi connectivity index (χ3n) is 13.5. The molecule has 402 valence electrons. The number of aliphatic hydroxyl groups excluding tert-OH is 1. The summed E-state index contributed by atoms with van der Waals surface area (Å²) >= 11 is 0. The lowest BCUT2D eigenvalue weighted by Crippen LogP contribution is -2.61. The molecule has 16 N–H and O–H groups in total. The highest BCUT2D eigenvalue weighted by atomic mass is 16.3. The van der Waals surface area contributed by atoms with Gasteiger partial charge in [-0.2, -0.15) is 0 Å². The van der Waals surface area contributed by atoms with E-state index < -0.39 is 108 Å². The maximum atomic E-state index is 14.9. The van der Waals surface area contributed by atoms with Crippen LogP contribution in [-0.4, -0.2) is 131 Å². The van der Waals surface area contributed by atoms with Crippen LogP contribution in [0.3, 0.4) is 0 Å². The molecule has 0 saturated carbocycles. The fraction of sp³-hybridized carbons (Fsp3) is 0.444. The number of para-hydroxylation sites is 2. The molecular formula is C54H72N12O9. The molecule has 1 aliphatic rings. The molecule has 1 saturated heterocycles. The van der Waals surface area contributed by atoms with Crippen LogP contribution in [0.1, 0.15) is 75.0 Å². The van der Waals surface area contributed by atoms with Crippen molar-refractivity contribution in [3.8, 4) is 0 Å². The number of nitrogens with one attached hydrogen (secondary N) is 9. The van der Waals surface area contributed by atoms with E-state index in [-0.39, 0.29) is 71.0 Å². The summed E-state index contributed by atoms with van der Waals surface area (Å²) in [5.74, 6) is -7.03. The first-order valence-corrected chi connectivity index (χ1v) is 25.8. The highest BCUT2D eigenvalue weighted by Gasteiger charge is 2.36. The summed E-state index contributed by atoms with van der Waals surface area (Å²) in [7, 11) is 0. The molecule has 3 heterocycles. The van der Waals surface area contributed by atoms with Crippen LogP contribution in [0.15, 0.2) is 91.3 Å². The van der Waals surface area contributed by atoms with Crippen LogP contribution >= 0.6 is 0 Å². The third-order valence-corrected chi connectivity index (χ3v) is 13.5. The Bertz CT molecular complexity index is 2660. The Hall–Kier alpha value is -7.46. The Morgan fingerprint density at radius 3 is 1.32 bits per heavy atom. The van der Waals surface area contributed by atoms with Gasteiger partial charge in [-0.25, -0.2) is 0 Å². The van der Waals surface area contributed by atoms with Gasteiger partial charge in [0.15, 0.2) is 5.78 Å². The number of ketones is 1. The minimum absolute atomic E-state index is 0.0573. The summed E-state index contributed by atoms with van der Waals surface area (Å²) in [6, 6.07) is 14.3. The van der Waals surface area contributed by atoms with Gasteiger partial charge >= 0.3 is 0 Å².